The van der Waals surface area contributed by atoms with E-state index in [2.05, 4.69) is 17.0 Å². The number of nitrogens with two attached hydrogens (primary N) is 1. The van der Waals surface area contributed by atoms with Gasteiger partial charge in [0.1, 0.15) is 0 Å². The van der Waals surface area contributed by atoms with Crippen LogP contribution in [0.15, 0.2) is 24.3 Å². The zero-order valence-corrected chi connectivity index (χ0v) is 8.61. The SMILES string of the molecule is CN(CCCO)c1ccc(CN)cc1. The predicted molar refractivity (Wildman–Crippen MR) is 59.3 cm³/mol. The molecule has 0 saturated heterocycles. The molecule has 14 heavy (non-hydrogen) atoms. The second kappa shape index (κ2) is 5.62. The minimum Gasteiger partial charge on any atom is -0.396 e. The molecule has 0 atom stereocenters. The molecule has 0 aliphatic heterocycles. The van der Waals surface area contributed by atoms with Crippen molar-refractivity contribution in [3.05, 3.63) is 29.8 Å². The maximum atomic E-state index is 8.70. The molecule has 0 saturated carbocycles. The van der Waals surface area contributed by atoms with Gasteiger partial charge in [-0.2, -0.15) is 0 Å². The van der Waals surface area contributed by atoms with E-state index in [4.69, 9.17) is 10.8 Å². The third kappa shape index (κ3) is 3.01. The minimum atomic E-state index is 0.241. The highest BCUT2D eigenvalue weighted by Crippen LogP contribution is 2.13. The van der Waals surface area contributed by atoms with Crippen LogP contribution in [0.4, 0.5) is 5.69 Å². The number of rotatable bonds is 5. The van der Waals surface area contributed by atoms with Crippen LogP contribution in [-0.4, -0.2) is 25.3 Å². The first-order valence-corrected chi connectivity index (χ1v) is 4.89. The van der Waals surface area contributed by atoms with Gasteiger partial charge in [-0.1, -0.05) is 12.1 Å². The minimum absolute atomic E-state index is 0.241. The molecule has 0 heterocycles. The molecule has 78 valence electrons. The van der Waals surface area contributed by atoms with E-state index in [-0.39, 0.29) is 6.61 Å². The lowest BCUT2D eigenvalue weighted by atomic mass is 10.2. The average Bonchev–Trinajstić information content (AvgIpc) is 2.26. The summed E-state index contributed by atoms with van der Waals surface area (Å²) in [4.78, 5) is 2.12. The maximum Gasteiger partial charge on any atom is 0.0447 e. The third-order valence-electron chi connectivity index (χ3n) is 2.26. The highest BCUT2D eigenvalue weighted by atomic mass is 16.3. The van der Waals surface area contributed by atoms with Crippen LogP contribution in [0, 0.1) is 0 Å². The van der Waals surface area contributed by atoms with Crippen LogP contribution in [0.5, 0.6) is 0 Å². The lowest BCUT2D eigenvalue weighted by Crippen LogP contribution is -2.19. The number of aliphatic hydroxyl groups excluding tert-OH is 1. The van der Waals surface area contributed by atoms with Gasteiger partial charge in [0.2, 0.25) is 0 Å². The van der Waals surface area contributed by atoms with Crippen LogP contribution in [0.25, 0.3) is 0 Å². The van der Waals surface area contributed by atoms with Gasteiger partial charge >= 0.3 is 0 Å². The van der Waals surface area contributed by atoms with Crippen LogP contribution in [0.1, 0.15) is 12.0 Å². The van der Waals surface area contributed by atoms with Crippen molar-refractivity contribution in [2.75, 3.05) is 25.1 Å². The van der Waals surface area contributed by atoms with E-state index in [1.807, 2.05) is 19.2 Å². The molecule has 1 aromatic carbocycles. The van der Waals surface area contributed by atoms with Gasteiger partial charge in [0.25, 0.3) is 0 Å². The summed E-state index contributed by atoms with van der Waals surface area (Å²) in [6, 6.07) is 8.18. The zero-order chi connectivity index (χ0) is 10.4. The summed E-state index contributed by atoms with van der Waals surface area (Å²) < 4.78 is 0. The number of nitrogens with zero attached hydrogens (tertiary/aromatic N) is 1. The number of hydrogen-bond donors (Lipinski definition) is 2. The molecule has 0 unspecified atom stereocenters. The van der Waals surface area contributed by atoms with E-state index in [0.717, 1.165) is 24.2 Å². The number of benzene rings is 1. The normalized spacial score (nSPS) is 10.2. The largest absolute Gasteiger partial charge is 0.396 e. The monoisotopic (exact) mass is 194 g/mol. The lowest BCUT2D eigenvalue weighted by molar-refractivity contribution is 0.290. The molecule has 0 fully saturated rings. The van der Waals surface area contributed by atoms with E-state index < -0.39 is 0 Å². The quantitative estimate of drug-likeness (QED) is 0.734. The summed E-state index contributed by atoms with van der Waals surface area (Å²) in [6.07, 6.45) is 0.801. The summed E-state index contributed by atoms with van der Waals surface area (Å²) in [5.74, 6) is 0. The Hall–Kier alpha value is -1.06. The fourth-order valence-corrected chi connectivity index (χ4v) is 1.32. The van der Waals surface area contributed by atoms with Gasteiger partial charge in [0, 0.05) is 32.4 Å². The average molecular weight is 194 g/mol. The van der Waals surface area contributed by atoms with Crippen LogP contribution < -0.4 is 10.6 Å². The van der Waals surface area contributed by atoms with E-state index in [0.29, 0.717) is 6.54 Å². The van der Waals surface area contributed by atoms with Crippen LogP contribution in [0.2, 0.25) is 0 Å². The maximum absolute atomic E-state index is 8.70. The first-order chi connectivity index (χ1) is 6.77. The van der Waals surface area contributed by atoms with Crippen LogP contribution in [-0.2, 0) is 6.54 Å². The molecule has 0 amide bonds. The summed E-state index contributed by atoms with van der Waals surface area (Å²) >= 11 is 0. The number of aliphatic hydroxyl groups is 1. The van der Waals surface area contributed by atoms with Crippen molar-refractivity contribution in [1.29, 1.82) is 0 Å². The predicted octanol–water partition coefficient (Wildman–Crippen LogP) is 0.964. The Kier molecular flexibility index (Phi) is 4.43. The standard InChI is InChI=1S/C11H18N2O/c1-13(7-2-8-14)11-5-3-10(9-12)4-6-11/h3-6,14H,2,7-9,12H2,1H3. The molecule has 3 nitrogen and oxygen atoms in total. The molecule has 0 aliphatic rings. The van der Waals surface area contributed by atoms with Crippen molar-refractivity contribution in [2.24, 2.45) is 5.73 Å². The number of hydrogen-bond acceptors (Lipinski definition) is 3. The lowest BCUT2D eigenvalue weighted by Gasteiger charge is -2.18. The molecule has 1 aromatic rings. The van der Waals surface area contributed by atoms with Crippen molar-refractivity contribution in [3.63, 3.8) is 0 Å². The first-order valence-electron chi connectivity index (χ1n) is 4.89. The second-order valence-electron chi connectivity index (χ2n) is 3.37. The third-order valence-corrected chi connectivity index (χ3v) is 2.26. The van der Waals surface area contributed by atoms with Gasteiger partial charge < -0.3 is 15.7 Å². The second-order valence-corrected chi connectivity index (χ2v) is 3.37. The van der Waals surface area contributed by atoms with E-state index in [1.54, 1.807) is 0 Å². The van der Waals surface area contributed by atoms with Crippen molar-refractivity contribution in [2.45, 2.75) is 13.0 Å². The molecular formula is C11H18N2O. The molecule has 3 heteroatoms. The Morgan fingerprint density at radius 3 is 2.43 bits per heavy atom. The van der Waals surface area contributed by atoms with Gasteiger partial charge in [-0.3, -0.25) is 0 Å². The van der Waals surface area contributed by atoms with Crippen LogP contribution in [0.3, 0.4) is 0 Å². The molecule has 3 N–H and O–H groups in total. The highest BCUT2D eigenvalue weighted by molar-refractivity contribution is 5.46. The summed E-state index contributed by atoms with van der Waals surface area (Å²) in [5, 5.41) is 8.70. The van der Waals surface area contributed by atoms with Gasteiger partial charge in [0.15, 0.2) is 0 Å². The summed E-state index contributed by atoms with van der Waals surface area (Å²) in [5.41, 5.74) is 7.82. The highest BCUT2D eigenvalue weighted by Gasteiger charge is 1.99. The van der Waals surface area contributed by atoms with Gasteiger partial charge in [-0.25, -0.2) is 0 Å². The van der Waals surface area contributed by atoms with E-state index in [9.17, 15) is 0 Å². The van der Waals surface area contributed by atoms with Gasteiger partial charge in [-0.15, -0.1) is 0 Å². The Balaban J connectivity index is 2.57. The van der Waals surface area contributed by atoms with E-state index >= 15 is 0 Å². The fourth-order valence-electron chi connectivity index (χ4n) is 1.32. The number of anilines is 1. The fraction of sp³-hybridized carbons (Fsp3) is 0.455. The van der Waals surface area contributed by atoms with Crippen molar-refractivity contribution < 1.29 is 5.11 Å². The molecule has 0 aliphatic carbocycles. The molecule has 0 bridgehead atoms. The molecule has 0 radical (unpaired) electrons. The van der Waals surface area contributed by atoms with Gasteiger partial charge in [-0.05, 0) is 24.1 Å². The van der Waals surface area contributed by atoms with Gasteiger partial charge in [0.05, 0.1) is 0 Å². The molecular weight excluding hydrogens is 176 g/mol. The zero-order valence-electron chi connectivity index (χ0n) is 8.61. The smallest absolute Gasteiger partial charge is 0.0447 e. The van der Waals surface area contributed by atoms with Crippen molar-refractivity contribution in [3.8, 4) is 0 Å². The Morgan fingerprint density at radius 2 is 1.93 bits per heavy atom. The Bertz CT molecular complexity index is 258. The van der Waals surface area contributed by atoms with Crippen molar-refractivity contribution >= 4 is 5.69 Å². The molecule has 0 aromatic heterocycles. The van der Waals surface area contributed by atoms with Crippen LogP contribution >= 0.6 is 0 Å². The Morgan fingerprint density at radius 1 is 1.29 bits per heavy atom. The van der Waals surface area contributed by atoms with Crippen molar-refractivity contribution in [1.82, 2.24) is 0 Å². The summed E-state index contributed by atoms with van der Waals surface area (Å²) in [6.45, 7) is 1.70. The summed E-state index contributed by atoms with van der Waals surface area (Å²) in [7, 11) is 2.02. The molecule has 0 spiro atoms. The topological polar surface area (TPSA) is 49.5 Å². The van der Waals surface area contributed by atoms with E-state index in [1.165, 1.54) is 0 Å². The Labute approximate surface area is 85.2 Å². The first kappa shape index (κ1) is 11.0. The molecule has 1 rings (SSSR count).